The van der Waals surface area contributed by atoms with Gasteiger partial charge in [0.15, 0.2) is 11.5 Å². The van der Waals surface area contributed by atoms with E-state index in [-0.39, 0.29) is 12.0 Å². The van der Waals surface area contributed by atoms with E-state index >= 15 is 0 Å². The molecule has 0 atom stereocenters. The average Bonchev–Trinajstić information content (AvgIpc) is 2.76. The van der Waals surface area contributed by atoms with Crippen LogP contribution < -0.4 is 19.5 Å². The summed E-state index contributed by atoms with van der Waals surface area (Å²) in [6.07, 6.45) is 6.99. The van der Waals surface area contributed by atoms with Crippen LogP contribution in [0.15, 0.2) is 42.6 Å². The second-order valence-corrected chi connectivity index (χ2v) is 7.17. The Balaban J connectivity index is 1.53. The molecule has 2 aromatic rings. The van der Waals surface area contributed by atoms with Crippen molar-refractivity contribution >= 4 is 17.7 Å². The lowest BCUT2D eigenvalue weighted by Gasteiger charge is -2.28. The molecule has 7 heteroatoms. The van der Waals surface area contributed by atoms with Crippen molar-refractivity contribution < 1.29 is 19.0 Å². The first-order valence-electron chi connectivity index (χ1n) is 10.2. The Morgan fingerprint density at radius 1 is 1.23 bits per heavy atom. The predicted octanol–water partition coefficient (Wildman–Crippen LogP) is 3.61. The fraction of sp³-hybridized carbons (Fsp3) is 0.391. The van der Waals surface area contributed by atoms with Crippen LogP contribution in [0.3, 0.4) is 0 Å². The Hall–Kier alpha value is -3.06. The maximum absolute atomic E-state index is 12.2. The van der Waals surface area contributed by atoms with E-state index in [0.29, 0.717) is 29.7 Å². The molecule has 7 nitrogen and oxygen atoms in total. The van der Waals surface area contributed by atoms with Crippen LogP contribution in [0.5, 0.6) is 17.4 Å². The van der Waals surface area contributed by atoms with Gasteiger partial charge in [0.25, 0.3) is 0 Å². The Kier molecular flexibility index (Phi) is 7.68. The van der Waals surface area contributed by atoms with E-state index in [9.17, 15) is 4.79 Å². The van der Waals surface area contributed by atoms with E-state index in [1.807, 2.05) is 25.1 Å². The molecule has 2 heterocycles. The summed E-state index contributed by atoms with van der Waals surface area (Å²) in [6.45, 7) is 4.54. The van der Waals surface area contributed by atoms with Gasteiger partial charge < -0.3 is 24.4 Å². The molecular formula is C23H29N3O4. The number of ether oxygens (including phenoxy) is 3. The standard InChI is InChI=1S/C23H29N3O4/c1-4-29-20-8-5-17(15-21(20)28-3)6-9-22(27)25-18-7-10-23(24-16-18)30-19-11-13-26(2)14-12-19/h5-10,15-16,19H,4,11-14H2,1-3H3,(H,25,27)/b9-6+. The molecule has 1 saturated heterocycles. The number of methoxy groups -OCH3 is 1. The number of piperidine rings is 1. The first kappa shape index (κ1) is 21.6. The van der Waals surface area contributed by atoms with Crippen LogP contribution in [0.25, 0.3) is 6.08 Å². The molecule has 1 aliphatic heterocycles. The van der Waals surface area contributed by atoms with Gasteiger partial charge in [-0.3, -0.25) is 4.79 Å². The van der Waals surface area contributed by atoms with Gasteiger partial charge in [-0.2, -0.15) is 0 Å². The van der Waals surface area contributed by atoms with Crippen molar-refractivity contribution in [2.24, 2.45) is 0 Å². The molecule has 160 valence electrons. The molecule has 30 heavy (non-hydrogen) atoms. The number of likely N-dealkylation sites (tertiary alicyclic amines) is 1. The summed E-state index contributed by atoms with van der Waals surface area (Å²) in [5.74, 6) is 1.65. The SMILES string of the molecule is CCOc1ccc(/C=C/C(=O)Nc2ccc(OC3CCN(C)CC3)nc2)cc1OC. The lowest BCUT2D eigenvalue weighted by molar-refractivity contribution is -0.111. The van der Waals surface area contributed by atoms with Crippen LogP contribution in [-0.4, -0.2) is 55.7 Å². The summed E-state index contributed by atoms with van der Waals surface area (Å²) in [5.41, 5.74) is 1.45. The molecule has 0 aliphatic carbocycles. The minimum absolute atomic E-state index is 0.197. The predicted molar refractivity (Wildman–Crippen MR) is 117 cm³/mol. The Bertz CT molecular complexity index is 859. The topological polar surface area (TPSA) is 72.9 Å². The third kappa shape index (κ3) is 6.22. The zero-order valence-electron chi connectivity index (χ0n) is 17.8. The number of pyridine rings is 1. The van der Waals surface area contributed by atoms with Gasteiger partial charge in [0, 0.05) is 25.2 Å². The minimum atomic E-state index is -0.242. The zero-order chi connectivity index (χ0) is 21.3. The monoisotopic (exact) mass is 411 g/mol. The lowest BCUT2D eigenvalue weighted by Crippen LogP contribution is -2.35. The second-order valence-electron chi connectivity index (χ2n) is 7.17. The molecule has 3 rings (SSSR count). The summed E-state index contributed by atoms with van der Waals surface area (Å²) < 4.78 is 16.8. The highest BCUT2D eigenvalue weighted by atomic mass is 16.5. The van der Waals surface area contributed by atoms with Crippen molar-refractivity contribution in [1.82, 2.24) is 9.88 Å². The van der Waals surface area contributed by atoms with E-state index in [0.717, 1.165) is 31.5 Å². The molecule has 1 N–H and O–H groups in total. The highest BCUT2D eigenvalue weighted by molar-refractivity contribution is 6.01. The molecule has 0 bridgehead atoms. The van der Waals surface area contributed by atoms with Gasteiger partial charge in [-0.15, -0.1) is 0 Å². The first-order chi connectivity index (χ1) is 14.6. The molecule has 0 spiro atoms. The van der Waals surface area contributed by atoms with Crippen molar-refractivity contribution in [2.75, 3.05) is 39.2 Å². The summed E-state index contributed by atoms with van der Waals surface area (Å²) in [5, 5.41) is 2.80. The highest BCUT2D eigenvalue weighted by Gasteiger charge is 2.18. The van der Waals surface area contributed by atoms with E-state index in [1.54, 1.807) is 31.5 Å². The van der Waals surface area contributed by atoms with Crippen LogP contribution in [-0.2, 0) is 4.79 Å². The van der Waals surface area contributed by atoms with Crippen molar-refractivity contribution in [2.45, 2.75) is 25.9 Å². The third-order valence-corrected chi connectivity index (χ3v) is 4.87. The maximum Gasteiger partial charge on any atom is 0.248 e. The van der Waals surface area contributed by atoms with E-state index in [2.05, 4.69) is 22.2 Å². The van der Waals surface area contributed by atoms with Gasteiger partial charge >= 0.3 is 0 Å². The lowest BCUT2D eigenvalue weighted by atomic mass is 10.1. The second kappa shape index (κ2) is 10.6. The number of hydrogen-bond acceptors (Lipinski definition) is 6. The molecule has 1 aromatic carbocycles. The molecule has 1 aromatic heterocycles. The van der Waals surface area contributed by atoms with Crippen molar-refractivity contribution in [1.29, 1.82) is 0 Å². The van der Waals surface area contributed by atoms with Crippen molar-refractivity contribution in [3.05, 3.63) is 48.2 Å². The Morgan fingerprint density at radius 2 is 2.03 bits per heavy atom. The Labute approximate surface area is 177 Å². The minimum Gasteiger partial charge on any atom is -0.493 e. The molecule has 0 saturated carbocycles. The van der Waals surface area contributed by atoms with Gasteiger partial charge in [-0.05, 0) is 56.7 Å². The quantitative estimate of drug-likeness (QED) is 0.669. The van der Waals surface area contributed by atoms with Crippen LogP contribution in [0.2, 0.25) is 0 Å². The number of benzene rings is 1. The smallest absolute Gasteiger partial charge is 0.248 e. The number of hydrogen-bond donors (Lipinski definition) is 1. The number of nitrogens with zero attached hydrogens (tertiary/aromatic N) is 2. The molecule has 1 aliphatic rings. The van der Waals surface area contributed by atoms with Gasteiger partial charge in [0.1, 0.15) is 6.10 Å². The van der Waals surface area contributed by atoms with Crippen LogP contribution in [0, 0.1) is 0 Å². The normalized spacial score (nSPS) is 15.2. The van der Waals surface area contributed by atoms with Crippen LogP contribution in [0.4, 0.5) is 5.69 Å². The number of carbonyl (C=O) groups excluding carboxylic acids is 1. The van der Waals surface area contributed by atoms with Gasteiger partial charge in [0.2, 0.25) is 11.8 Å². The molecule has 1 fully saturated rings. The summed E-state index contributed by atoms with van der Waals surface area (Å²) >= 11 is 0. The Morgan fingerprint density at radius 3 is 2.70 bits per heavy atom. The third-order valence-electron chi connectivity index (χ3n) is 4.87. The van der Waals surface area contributed by atoms with Crippen molar-refractivity contribution in [3.8, 4) is 17.4 Å². The van der Waals surface area contributed by atoms with Crippen LogP contribution >= 0.6 is 0 Å². The largest absolute Gasteiger partial charge is 0.493 e. The fourth-order valence-corrected chi connectivity index (χ4v) is 3.22. The number of rotatable bonds is 8. The molecule has 1 amide bonds. The van der Waals surface area contributed by atoms with E-state index < -0.39 is 0 Å². The molecular weight excluding hydrogens is 382 g/mol. The highest BCUT2D eigenvalue weighted by Crippen LogP contribution is 2.28. The zero-order valence-corrected chi connectivity index (χ0v) is 17.8. The number of carbonyl (C=O) groups is 1. The number of anilines is 1. The fourth-order valence-electron chi connectivity index (χ4n) is 3.22. The number of amides is 1. The summed E-state index contributed by atoms with van der Waals surface area (Å²) in [6, 6.07) is 9.10. The molecule has 0 radical (unpaired) electrons. The van der Waals surface area contributed by atoms with Crippen LogP contribution in [0.1, 0.15) is 25.3 Å². The van der Waals surface area contributed by atoms with Gasteiger partial charge in [0.05, 0.1) is 25.6 Å². The summed E-state index contributed by atoms with van der Waals surface area (Å²) in [4.78, 5) is 18.8. The van der Waals surface area contributed by atoms with E-state index in [4.69, 9.17) is 14.2 Å². The van der Waals surface area contributed by atoms with Gasteiger partial charge in [-0.1, -0.05) is 6.07 Å². The molecule has 0 unspecified atom stereocenters. The average molecular weight is 412 g/mol. The first-order valence-corrected chi connectivity index (χ1v) is 10.2. The van der Waals surface area contributed by atoms with E-state index in [1.165, 1.54) is 6.08 Å². The van der Waals surface area contributed by atoms with Crippen molar-refractivity contribution in [3.63, 3.8) is 0 Å². The number of aromatic nitrogens is 1. The van der Waals surface area contributed by atoms with Gasteiger partial charge in [-0.25, -0.2) is 4.98 Å². The maximum atomic E-state index is 12.2. The summed E-state index contributed by atoms with van der Waals surface area (Å²) in [7, 11) is 3.71. The number of nitrogens with one attached hydrogen (secondary N) is 1.